The summed E-state index contributed by atoms with van der Waals surface area (Å²) in [5.41, 5.74) is 3.00. The maximum absolute atomic E-state index is 9.00. The van der Waals surface area contributed by atoms with Crippen LogP contribution in [0.1, 0.15) is 12.0 Å². The molecule has 0 unspecified atom stereocenters. The number of para-hydroxylation sites is 1. The number of rotatable bonds is 5. The van der Waals surface area contributed by atoms with Crippen molar-refractivity contribution in [1.82, 2.24) is 4.57 Å². The summed E-state index contributed by atoms with van der Waals surface area (Å²) in [5, 5.41) is 13.6. The van der Waals surface area contributed by atoms with E-state index < -0.39 is 0 Å². The Morgan fingerprint density at radius 3 is 2.71 bits per heavy atom. The smallest absolute Gasteiger partial charge is 0.0992 e. The van der Waals surface area contributed by atoms with Crippen LogP contribution in [0.15, 0.2) is 60.8 Å². The minimum atomic E-state index is 0.713. The van der Waals surface area contributed by atoms with Gasteiger partial charge in [-0.1, -0.05) is 24.3 Å². The molecule has 2 aromatic carbocycles. The standard InChI is InChI=1S/C18H17N3/c19-14-15-7-8-16-9-12-21(18(16)13-15)11-4-10-20-17-5-2-1-3-6-17/h1-3,5-9,12-13,20H,4,10-11H2. The van der Waals surface area contributed by atoms with Crippen LogP contribution in [0.25, 0.3) is 10.9 Å². The first-order chi connectivity index (χ1) is 10.4. The van der Waals surface area contributed by atoms with Crippen LogP contribution in [0.2, 0.25) is 0 Å². The highest BCUT2D eigenvalue weighted by Gasteiger charge is 2.02. The fourth-order valence-electron chi connectivity index (χ4n) is 2.49. The second kappa shape index (κ2) is 6.15. The SMILES string of the molecule is N#Cc1ccc2ccn(CCCNc3ccccc3)c2c1. The summed E-state index contributed by atoms with van der Waals surface area (Å²) in [6.45, 7) is 1.87. The Morgan fingerprint density at radius 2 is 1.90 bits per heavy atom. The van der Waals surface area contributed by atoms with Crippen LogP contribution in [-0.2, 0) is 6.54 Å². The van der Waals surface area contributed by atoms with Gasteiger partial charge in [0.25, 0.3) is 0 Å². The molecule has 1 heterocycles. The Balaban J connectivity index is 1.62. The quantitative estimate of drug-likeness (QED) is 0.715. The third-order valence-corrected chi connectivity index (χ3v) is 3.58. The normalized spacial score (nSPS) is 10.4. The van der Waals surface area contributed by atoms with E-state index in [1.807, 2.05) is 36.4 Å². The number of anilines is 1. The Labute approximate surface area is 124 Å². The van der Waals surface area contributed by atoms with Gasteiger partial charge in [0.15, 0.2) is 0 Å². The summed E-state index contributed by atoms with van der Waals surface area (Å²) in [6.07, 6.45) is 3.13. The van der Waals surface area contributed by atoms with E-state index in [4.69, 9.17) is 5.26 Å². The van der Waals surface area contributed by atoms with Gasteiger partial charge >= 0.3 is 0 Å². The lowest BCUT2D eigenvalue weighted by atomic mass is 10.2. The van der Waals surface area contributed by atoms with E-state index in [1.165, 1.54) is 5.39 Å². The maximum Gasteiger partial charge on any atom is 0.0992 e. The predicted octanol–water partition coefficient (Wildman–Crippen LogP) is 4.02. The molecule has 0 aliphatic carbocycles. The minimum absolute atomic E-state index is 0.713. The van der Waals surface area contributed by atoms with Crippen molar-refractivity contribution in [1.29, 1.82) is 5.26 Å². The number of nitriles is 1. The summed E-state index contributed by atoms with van der Waals surface area (Å²) >= 11 is 0. The van der Waals surface area contributed by atoms with Gasteiger partial charge in [-0.3, -0.25) is 0 Å². The molecule has 1 aromatic heterocycles. The van der Waals surface area contributed by atoms with E-state index in [-0.39, 0.29) is 0 Å². The lowest BCUT2D eigenvalue weighted by molar-refractivity contribution is 0.683. The molecule has 3 heteroatoms. The molecule has 3 aromatic rings. The number of nitrogens with one attached hydrogen (secondary N) is 1. The Kier molecular flexibility index (Phi) is 3.88. The zero-order valence-electron chi connectivity index (χ0n) is 11.8. The van der Waals surface area contributed by atoms with Gasteiger partial charge < -0.3 is 9.88 Å². The van der Waals surface area contributed by atoms with Crippen LogP contribution in [0.3, 0.4) is 0 Å². The van der Waals surface area contributed by atoms with Crippen LogP contribution in [-0.4, -0.2) is 11.1 Å². The minimum Gasteiger partial charge on any atom is -0.385 e. The topological polar surface area (TPSA) is 40.8 Å². The molecule has 0 radical (unpaired) electrons. The van der Waals surface area contributed by atoms with Gasteiger partial charge in [-0.15, -0.1) is 0 Å². The van der Waals surface area contributed by atoms with Crippen molar-refractivity contribution >= 4 is 16.6 Å². The first-order valence-electron chi connectivity index (χ1n) is 7.15. The van der Waals surface area contributed by atoms with Crippen molar-refractivity contribution in [2.75, 3.05) is 11.9 Å². The molecule has 0 saturated heterocycles. The van der Waals surface area contributed by atoms with Gasteiger partial charge in [0.05, 0.1) is 11.6 Å². The van der Waals surface area contributed by atoms with E-state index >= 15 is 0 Å². The highest BCUT2D eigenvalue weighted by atomic mass is 15.0. The first kappa shape index (κ1) is 13.3. The summed E-state index contributed by atoms with van der Waals surface area (Å²) in [7, 11) is 0. The lowest BCUT2D eigenvalue weighted by Gasteiger charge is -2.08. The molecule has 0 saturated carbocycles. The average molecular weight is 275 g/mol. The fraction of sp³-hybridized carbons (Fsp3) is 0.167. The van der Waals surface area contributed by atoms with Crippen molar-refractivity contribution in [3.63, 3.8) is 0 Å². The summed E-state index contributed by atoms with van der Waals surface area (Å²) in [6, 6.07) is 20.4. The van der Waals surface area contributed by atoms with Gasteiger partial charge in [0, 0.05) is 30.5 Å². The van der Waals surface area contributed by atoms with Crippen molar-refractivity contribution in [2.45, 2.75) is 13.0 Å². The van der Waals surface area contributed by atoms with Crippen molar-refractivity contribution < 1.29 is 0 Å². The number of hydrogen-bond donors (Lipinski definition) is 1. The Morgan fingerprint density at radius 1 is 1.05 bits per heavy atom. The van der Waals surface area contributed by atoms with E-state index in [2.05, 4.69) is 40.3 Å². The molecule has 0 amide bonds. The number of benzene rings is 2. The van der Waals surface area contributed by atoms with Crippen LogP contribution in [0, 0.1) is 11.3 Å². The number of nitrogens with zero attached hydrogens (tertiary/aromatic N) is 2. The van der Waals surface area contributed by atoms with Gasteiger partial charge in [-0.2, -0.15) is 5.26 Å². The van der Waals surface area contributed by atoms with E-state index in [9.17, 15) is 0 Å². The molecular weight excluding hydrogens is 258 g/mol. The second-order valence-corrected chi connectivity index (χ2v) is 5.04. The second-order valence-electron chi connectivity index (χ2n) is 5.04. The molecule has 104 valence electrons. The zero-order chi connectivity index (χ0) is 14.5. The number of aryl methyl sites for hydroxylation is 1. The first-order valence-corrected chi connectivity index (χ1v) is 7.15. The molecule has 0 aliphatic heterocycles. The molecule has 0 fully saturated rings. The maximum atomic E-state index is 9.00. The summed E-state index contributed by atoms with van der Waals surface area (Å²) < 4.78 is 2.21. The molecule has 3 nitrogen and oxygen atoms in total. The van der Waals surface area contributed by atoms with Crippen molar-refractivity contribution in [3.8, 4) is 6.07 Å². The molecule has 0 aliphatic rings. The van der Waals surface area contributed by atoms with E-state index in [0.29, 0.717) is 5.56 Å². The monoisotopic (exact) mass is 275 g/mol. The summed E-state index contributed by atoms with van der Waals surface area (Å²) in [5.74, 6) is 0. The number of aromatic nitrogens is 1. The van der Waals surface area contributed by atoms with Crippen LogP contribution >= 0.6 is 0 Å². The number of fused-ring (bicyclic) bond motifs is 1. The Hall–Kier alpha value is -2.73. The lowest BCUT2D eigenvalue weighted by Crippen LogP contribution is -2.06. The zero-order valence-corrected chi connectivity index (χ0v) is 11.8. The highest BCUT2D eigenvalue weighted by molar-refractivity contribution is 5.81. The van der Waals surface area contributed by atoms with Crippen LogP contribution < -0.4 is 5.32 Å². The van der Waals surface area contributed by atoms with Gasteiger partial charge in [0.2, 0.25) is 0 Å². The van der Waals surface area contributed by atoms with E-state index in [1.54, 1.807) is 0 Å². The van der Waals surface area contributed by atoms with E-state index in [0.717, 1.165) is 30.7 Å². The number of hydrogen-bond acceptors (Lipinski definition) is 2. The largest absolute Gasteiger partial charge is 0.385 e. The molecule has 0 atom stereocenters. The van der Waals surface area contributed by atoms with Crippen LogP contribution in [0.5, 0.6) is 0 Å². The Bertz CT molecular complexity index is 766. The summed E-state index contributed by atoms with van der Waals surface area (Å²) in [4.78, 5) is 0. The molecular formula is C18H17N3. The van der Waals surface area contributed by atoms with Gasteiger partial charge in [-0.25, -0.2) is 0 Å². The molecule has 0 spiro atoms. The molecule has 21 heavy (non-hydrogen) atoms. The third kappa shape index (κ3) is 3.06. The molecule has 1 N–H and O–H groups in total. The average Bonchev–Trinajstić information content (AvgIpc) is 2.95. The fourth-order valence-corrected chi connectivity index (χ4v) is 2.49. The van der Waals surface area contributed by atoms with Gasteiger partial charge in [-0.05, 0) is 42.1 Å². The molecule has 0 bridgehead atoms. The van der Waals surface area contributed by atoms with Crippen molar-refractivity contribution in [2.24, 2.45) is 0 Å². The highest BCUT2D eigenvalue weighted by Crippen LogP contribution is 2.17. The van der Waals surface area contributed by atoms with Crippen molar-refractivity contribution in [3.05, 3.63) is 66.4 Å². The predicted molar refractivity (Wildman–Crippen MR) is 86.2 cm³/mol. The third-order valence-electron chi connectivity index (χ3n) is 3.58. The van der Waals surface area contributed by atoms with Gasteiger partial charge in [0.1, 0.15) is 0 Å². The van der Waals surface area contributed by atoms with Crippen LogP contribution in [0.4, 0.5) is 5.69 Å². The molecule has 3 rings (SSSR count).